The van der Waals surface area contributed by atoms with E-state index in [4.69, 9.17) is 0 Å². The molecule has 0 unspecified atom stereocenters. The SMILES string of the molecule is COC(=O)c1cccc(C(=O)N[C@@H](Cc2c[nH]c3ccccc23)C(=O)O)c1. The second-order valence-corrected chi connectivity index (χ2v) is 6.00. The van der Waals surface area contributed by atoms with Gasteiger partial charge in [0.1, 0.15) is 6.04 Å². The van der Waals surface area contributed by atoms with Crippen LogP contribution in [0.5, 0.6) is 0 Å². The van der Waals surface area contributed by atoms with Crippen molar-refractivity contribution in [2.24, 2.45) is 0 Å². The fourth-order valence-corrected chi connectivity index (χ4v) is 2.87. The number of rotatable bonds is 6. The molecule has 0 aliphatic carbocycles. The van der Waals surface area contributed by atoms with Crippen LogP contribution in [0.1, 0.15) is 26.3 Å². The molecular weight excluding hydrogens is 348 g/mol. The Hall–Kier alpha value is -3.61. The van der Waals surface area contributed by atoms with Crippen LogP contribution < -0.4 is 5.32 Å². The van der Waals surface area contributed by atoms with Gasteiger partial charge in [-0.05, 0) is 29.8 Å². The molecule has 7 nitrogen and oxygen atoms in total. The van der Waals surface area contributed by atoms with Crippen molar-refractivity contribution in [2.75, 3.05) is 7.11 Å². The van der Waals surface area contributed by atoms with Gasteiger partial charge >= 0.3 is 11.9 Å². The summed E-state index contributed by atoms with van der Waals surface area (Å²) in [6.07, 6.45) is 1.87. The van der Waals surface area contributed by atoms with E-state index in [-0.39, 0.29) is 17.5 Å². The molecule has 0 saturated carbocycles. The van der Waals surface area contributed by atoms with Gasteiger partial charge in [0.25, 0.3) is 5.91 Å². The zero-order valence-corrected chi connectivity index (χ0v) is 14.6. The molecule has 2 aromatic carbocycles. The largest absolute Gasteiger partial charge is 0.480 e. The van der Waals surface area contributed by atoms with E-state index < -0.39 is 23.9 Å². The van der Waals surface area contributed by atoms with Crippen molar-refractivity contribution in [1.82, 2.24) is 10.3 Å². The number of H-pyrrole nitrogens is 1. The van der Waals surface area contributed by atoms with Crippen LogP contribution in [-0.2, 0) is 16.0 Å². The first-order valence-corrected chi connectivity index (χ1v) is 8.26. The average molecular weight is 366 g/mol. The van der Waals surface area contributed by atoms with E-state index in [9.17, 15) is 19.5 Å². The number of fused-ring (bicyclic) bond motifs is 1. The zero-order valence-electron chi connectivity index (χ0n) is 14.6. The maximum Gasteiger partial charge on any atom is 0.337 e. The second kappa shape index (κ2) is 7.74. The molecule has 0 saturated heterocycles. The lowest BCUT2D eigenvalue weighted by Gasteiger charge is -2.14. The summed E-state index contributed by atoms with van der Waals surface area (Å²) in [6.45, 7) is 0. The number of ether oxygens (including phenoxy) is 1. The Labute approximate surface area is 155 Å². The molecular formula is C20H18N2O5. The number of esters is 1. The monoisotopic (exact) mass is 366 g/mol. The fourth-order valence-electron chi connectivity index (χ4n) is 2.87. The van der Waals surface area contributed by atoms with E-state index in [1.54, 1.807) is 6.20 Å². The summed E-state index contributed by atoms with van der Waals surface area (Å²) in [4.78, 5) is 38.8. The van der Waals surface area contributed by atoms with E-state index in [1.807, 2.05) is 24.3 Å². The smallest absolute Gasteiger partial charge is 0.337 e. The maximum absolute atomic E-state index is 12.5. The molecule has 138 valence electrons. The van der Waals surface area contributed by atoms with Crippen LogP contribution in [0.4, 0.5) is 0 Å². The van der Waals surface area contributed by atoms with Crippen LogP contribution in [-0.4, -0.2) is 41.1 Å². The van der Waals surface area contributed by atoms with Crippen LogP contribution >= 0.6 is 0 Å². The molecule has 1 atom stereocenters. The minimum Gasteiger partial charge on any atom is -0.480 e. The van der Waals surface area contributed by atoms with Gasteiger partial charge in [0.05, 0.1) is 12.7 Å². The fraction of sp³-hybridized carbons (Fsp3) is 0.150. The molecule has 3 N–H and O–H groups in total. The van der Waals surface area contributed by atoms with Crippen LogP contribution in [0.3, 0.4) is 0 Å². The van der Waals surface area contributed by atoms with Gasteiger partial charge in [-0.1, -0.05) is 24.3 Å². The van der Waals surface area contributed by atoms with Gasteiger partial charge in [-0.3, -0.25) is 4.79 Å². The summed E-state index contributed by atoms with van der Waals surface area (Å²) in [5.41, 5.74) is 2.09. The van der Waals surface area contributed by atoms with Crippen molar-refractivity contribution < 1.29 is 24.2 Å². The highest BCUT2D eigenvalue weighted by atomic mass is 16.5. The Bertz CT molecular complexity index is 1010. The van der Waals surface area contributed by atoms with E-state index in [2.05, 4.69) is 15.0 Å². The summed E-state index contributed by atoms with van der Waals surface area (Å²) in [5, 5.41) is 12.9. The van der Waals surface area contributed by atoms with Crippen molar-refractivity contribution in [3.63, 3.8) is 0 Å². The molecule has 0 spiro atoms. The van der Waals surface area contributed by atoms with Gasteiger partial charge in [0, 0.05) is 29.1 Å². The molecule has 27 heavy (non-hydrogen) atoms. The van der Waals surface area contributed by atoms with E-state index in [0.29, 0.717) is 0 Å². The molecule has 1 amide bonds. The van der Waals surface area contributed by atoms with Gasteiger partial charge in [-0.15, -0.1) is 0 Å². The molecule has 7 heteroatoms. The quantitative estimate of drug-likeness (QED) is 0.581. The van der Waals surface area contributed by atoms with Crippen molar-refractivity contribution in [3.8, 4) is 0 Å². The van der Waals surface area contributed by atoms with Gasteiger partial charge < -0.3 is 20.1 Å². The second-order valence-electron chi connectivity index (χ2n) is 6.00. The van der Waals surface area contributed by atoms with Gasteiger partial charge in [0.2, 0.25) is 0 Å². The van der Waals surface area contributed by atoms with Crippen molar-refractivity contribution >= 4 is 28.7 Å². The van der Waals surface area contributed by atoms with Gasteiger partial charge in [0.15, 0.2) is 0 Å². The Kier molecular flexibility index (Phi) is 5.21. The summed E-state index contributed by atoms with van der Waals surface area (Å²) in [5.74, 6) is -2.29. The number of nitrogens with one attached hydrogen (secondary N) is 2. The lowest BCUT2D eigenvalue weighted by molar-refractivity contribution is -0.139. The number of carboxylic acid groups (broad SMARTS) is 1. The molecule has 0 aliphatic heterocycles. The van der Waals surface area contributed by atoms with Crippen molar-refractivity contribution in [2.45, 2.75) is 12.5 Å². The van der Waals surface area contributed by atoms with Crippen LogP contribution in [0.2, 0.25) is 0 Å². The number of carboxylic acids is 1. The third kappa shape index (κ3) is 3.98. The summed E-state index contributed by atoms with van der Waals surface area (Å²) >= 11 is 0. The minimum atomic E-state index is -1.14. The van der Waals surface area contributed by atoms with Crippen LogP contribution in [0.15, 0.2) is 54.7 Å². The molecule has 1 heterocycles. The molecule has 0 fully saturated rings. The summed E-state index contributed by atoms with van der Waals surface area (Å²) in [6, 6.07) is 12.4. The number of para-hydroxylation sites is 1. The number of carbonyl (C=O) groups is 3. The predicted octanol–water partition coefficient (Wildman–Crippen LogP) is 2.38. The number of carbonyl (C=O) groups excluding carboxylic acids is 2. The van der Waals surface area contributed by atoms with Gasteiger partial charge in [-0.25, -0.2) is 9.59 Å². The Balaban J connectivity index is 1.79. The van der Waals surface area contributed by atoms with Crippen molar-refractivity contribution in [3.05, 3.63) is 71.4 Å². The molecule has 0 bridgehead atoms. The average Bonchev–Trinajstić information content (AvgIpc) is 3.09. The van der Waals surface area contributed by atoms with Crippen molar-refractivity contribution in [1.29, 1.82) is 0 Å². The highest BCUT2D eigenvalue weighted by Crippen LogP contribution is 2.19. The lowest BCUT2D eigenvalue weighted by atomic mass is 10.0. The molecule has 0 aliphatic rings. The number of aromatic amines is 1. The Morgan fingerprint density at radius 3 is 2.59 bits per heavy atom. The highest BCUT2D eigenvalue weighted by molar-refractivity contribution is 5.99. The topological polar surface area (TPSA) is 108 Å². The summed E-state index contributed by atoms with van der Waals surface area (Å²) < 4.78 is 4.63. The molecule has 3 aromatic rings. The minimum absolute atomic E-state index is 0.127. The first kappa shape index (κ1) is 18.2. The first-order valence-electron chi connectivity index (χ1n) is 8.26. The number of methoxy groups -OCH3 is 1. The third-order valence-corrected chi connectivity index (χ3v) is 4.25. The molecule has 3 rings (SSSR count). The number of hydrogen-bond donors (Lipinski definition) is 3. The van der Waals surface area contributed by atoms with Crippen LogP contribution in [0.25, 0.3) is 10.9 Å². The van der Waals surface area contributed by atoms with E-state index in [1.165, 1.54) is 31.4 Å². The molecule has 1 aromatic heterocycles. The number of aromatic nitrogens is 1. The van der Waals surface area contributed by atoms with Crippen LogP contribution in [0, 0.1) is 0 Å². The highest BCUT2D eigenvalue weighted by Gasteiger charge is 2.23. The predicted molar refractivity (Wildman–Crippen MR) is 98.7 cm³/mol. The summed E-state index contributed by atoms with van der Waals surface area (Å²) in [7, 11) is 1.25. The zero-order chi connectivity index (χ0) is 19.4. The third-order valence-electron chi connectivity index (χ3n) is 4.25. The number of aliphatic carboxylic acids is 1. The number of amides is 1. The van der Waals surface area contributed by atoms with E-state index >= 15 is 0 Å². The van der Waals surface area contributed by atoms with E-state index in [0.717, 1.165) is 16.5 Å². The number of benzene rings is 2. The van der Waals surface area contributed by atoms with Gasteiger partial charge in [-0.2, -0.15) is 0 Å². The first-order chi connectivity index (χ1) is 13.0. The lowest BCUT2D eigenvalue weighted by Crippen LogP contribution is -2.42. The molecule has 0 radical (unpaired) electrons. The standard InChI is InChI=1S/C20H18N2O5/c1-27-20(26)13-6-4-5-12(9-13)18(23)22-17(19(24)25)10-14-11-21-16-8-3-2-7-15(14)16/h2-9,11,17,21H,10H2,1H3,(H,22,23)(H,24,25)/t17-/m0/s1. The number of hydrogen-bond acceptors (Lipinski definition) is 4. The normalized spacial score (nSPS) is 11.7. The Morgan fingerprint density at radius 1 is 1.11 bits per heavy atom. The Morgan fingerprint density at radius 2 is 1.85 bits per heavy atom. The maximum atomic E-state index is 12.5.